The largest absolute Gasteiger partial charge is 0.481 e. The fraction of sp³-hybridized carbons (Fsp3) is 0.235. The molecule has 0 radical (unpaired) electrons. The van der Waals surface area contributed by atoms with Crippen LogP contribution in [0.4, 0.5) is 10.1 Å². The summed E-state index contributed by atoms with van der Waals surface area (Å²) in [5.41, 5.74) is 2.51. The van der Waals surface area contributed by atoms with Gasteiger partial charge in [-0.05, 0) is 41.8 Å². The molecule has 4 heteroatoms. The number of carboxylic acids is 1. The Hall–Kier alpha value is -2.36. The van der Waals surface area contributed by atoms with Crippen LogP contribution < -0.4 is 4.90 Å². The van der Waals surface area contributed by atoms with Crippen LogP contribution in [0.1, 0.15) is 17.0 Å². The Bertz CT molecular complexity index is 623. The van der Waals surface area contributed by atoms with Crippen LogP contribution in [0.25, 0.3) is 0 Å². The number of hydrogen-bond acceptors (Lipinski definition) is 2. The molecule has 0 spiro atoms. The summed E-state index contributed by atoms with van der Waals surface area (Å²) in [6, 6.07) is 13.4. The maximum absolute atomic E-state index is 12.9. The second-order valence-electron chi connectivity index (χ2n) is 5.21. The average molecular weight is 287 g/mol. The van der Waals surface area contributed by atoms with E-state index in [1.807, 2.05) is 43.3 Å². The van der Waals surface area contributed by atoms with Gasteiger partial charge in [-0.25, -0.2) is 4.39 Å². The first-order valence-corrected chi connectivity index (χ1v) is 6.72. The maximum Gasteiger partial charge on any atom is 0.311 e. The molecule has 0 fully saturated rings. The van der Waals surface area contributed by atoms with Crippen LogP contribution in [0.3, 0.4) is 0 Å². The molecule has 1 unspecified atom stereocenters. The molecule has 2 rings (SSSR count). The van der Waals surface area contributed by atoms with Gasteiger partial charge in [-0.15, -0.1) is 0 Å². The molecule has 0 aliphatic rings. The van der Waals surface area contributed by atoms with E-state index in [9.17, 15) is 14.3 Å². The van der Waals surface area contributed by atoms with E-state index in [2.05, 4.69) is 0 Å². The summed E-state index contributed by atoms with van der Waals surface area (Å²) in [6.07, 6.45) is 0.340. The number of halogens is 1. The van der Waals surface area contributed by atoms with Gasteiger partial charge in [0.25, 0.3) is 0 Å². The second-order valence-corrected chi connectivity index (χ2v) is 5.21. The van der Waals surface area contributed by atoms with E-state index in [1.165, 1.54) is 12.1 Å². The number of nitrogens with zero attached hydrogens (tertiary/aromatic N) is 1. The first-order chi connectivity index (χ1) is 9.97. The van der Waals surface area contributed by atoms with Crippen molar-refractivity contribution >= 4 is 11.7 Å². The van der Waals surface area contributed by atoms with Gasteiger partial charge in [0.15, 0.2) is 0 Å². The molecule has 110 valence electrons. The van der Waals surface area contributed by atoms with Crippen molar-refractivity contribution in [1.29, 1.82) is 0 Å². The molecule has 1 N–H and O–H groups in total. The fourth-order valence-electron chi connectivity index (χ4n) is 2.22. The van der Waals surface area contributed by atoms with E-state index < -0.39 is 11.9 Å². The van der Waals surface area contributed by atoms with Crippen molar-refractivity contribution in [3.8, 4) is 0 Å². The van der Waals surface area contributed by atoms with Gasteiger partial charge < -0.3 is 10.0 Å². The van der Waals surface area contributed by atoms with Gasteiger partial charge in [0.2, 0.25) is 0 Å². The SMILES string of the molecule is CN(C)c1cccc(C(Cc2ccc(F)cc2)C(=O)O)c1. The summed E-state index contributed by atoms with van der Waals surface area (Å²) in [6.45, 7) is 0. The standard InChI is InChI=1S/C17H18FNO2/c1-19(2)15-5-3-4-13(11-15)16(17(20)21)10-12-6-8-14(18)9-7-12/h3-9,11,16H,10H2,1-2H3,(H,20,21). The van der Waals surface area contributed by atoms with Crippen LogP contribution in [0.5, 0.6) is 0 Å². The Morgan fingerprint density at radius 3 is 2.43 bits per heavy atom. The smallest absolute Gasteiger partial charge is 0.311 e. The van der Waals surface area contributed by atoms with Crippen molar-refractivity contribution in [2.45, 2.75) is 12.3 Å². The van der Waals surface area contributed by atoms with Gasteiger partial charge in [-0.3, -0.25) is 4.79 Å². The zero-order valence-corrected chi connectivity index (χ0v) is 12.1. The van der Waals surface area contributed by atoms with Gasteiger partial charge in [0.05, 0.1) is 5.92 Å². The van der Waals surface area contributed by atoms with Crippen molar-refractivity contribution in [2.75, 3.05) is 19.0 Å². The van der Waals surface area contributed by atoms with Gasteiger partial charge in [-0.2, -0.15) is 0 Å². The zero-order valence-electron chi connectivity index (χ0n) is 12.1. The molecule has 2 aromatic carbocycles. The number of carbonyl (C=O) groups is 1. The molecule has 21 heavy (non-hydrogen) atoms. The van der Waals surface area contributed by atoms with Crippen molar-refractivity contribution in [2.24, 2.45) is 0 Å². The number of rotatable bonds is 5. The van der Waals surface area contributed by atoms with E-state index in [1.54, 1.807) is 12.1 Å². The lowest BCUT2D eigenvalue weighted by molar-refractivity contribution is -0.138. The minimum Gasteiger partial charge on any atom is -0.481 e. The minimum atomic E-state index is -0.879. The van der Waals surface area contributed by atoms with Crippen molar-refractivity contribution in [3.63, 3.8) is 0 Å². The summed E-state index contributed by atoms with van der Waals surface area (Å²) >= 11 is 0. The fourth-order valence-corrected chi connectivity index (χ4v) is 2.22. The Morgan fingerprint density at radius 2 is 1.86 bits per heavy atom. The molecule has 0 saturated heterocycles. The monoisotopic (exact) mass is 287 g/mol. The highest BCUT2D eigenvalue weighted by Gasteiger charge is 2.20. The molecule has 0 aromatic heterocycles. The summed E-state index contributed by atoms with van der Waals surface area (Å²) in [7, 11) is 3.82. The van der Waals surface area contributed by atoms with Crippen LogP contribution in [-0.2, 0) is 11.2 Å². The van der Waals surface area contributed by atoms with Gasteiger partial charge >= 0.3 is 5.97 Å². The number of anilines is 1. The molecule has 2 aromatic rings. The Labute approximate surface area is 123 Å². The van der Waals surface area contributed by atoms with Crippen LogP contribution >= 0.6 is 0 Å². The topological polar surface area (TPSA) is 40.5 Å². The Balaban J connectivity index is 2.28. The molecular formula is C17H18FNO2. The summed E-state index contributed by atoms with van der Waals surface area (Å²) < 4.78 is 12.9. The highest BCUT2D eigenvalue weighted by Crippen LogP contribution is 2.25. The Kier molecular flexibility index (Phi) is 4.58. The van der Waals surface area contributed by atoms with Gasteiger partial charge in [0.1, 0.15) is 5.82 Å². The van der Waals surface area contributed by atoms with Gasteiger partial charge in [-0.1, -0.05) is 24.3 Å². The van der Waals surface area contributed by atoms with Crippen molar-refractivity contribution in [3.05, 3.63) is 65.5 Å². The molecule has 3 nitrogen and oxygen atoms in total. The van der Waals surface area contributed by atoms with E-state index in [4.69, 9.17) is 0 Å². The lowest BCUT2D eigenvalue weighted by Gasteiger charge is -2.17. The second kappa shape index (κ2) is 6.39. The van der Waals surface area contributed by atoms with Crippen LogP contribution in [0.2, 0.25) is 0 Å². The lowest BCUT2D eigenvalue weighted by atomic mass is 9.91. The molecule has 0 amide bonds. The normalized spacial score (nSPS) is 12.0. The summed E-state index contributed by atoms with van der Waals surface area (Å²) in [4.78, 5) is 13.5. The highest BCUT2D eigenvalue weighted by atomic mass is 19.1. The minimum absolute atomic E-state index is 0.319. The average Bonchev–Trinajstić information content (AvgIpc) is 2.46. The number of aliphatic carboxylic acids is 1. The highest BCUT2D eigenvalue weighted by molar-refractivity contribution is 5.77. The maximum atomic E-state index is 12.9. The van der Waals surface area contributed by atoms with E-state index in [-0.39, 0.29) is 5.82 Å². The molecule has 0 saturated carbocycles. The van der Waals surface area contributed by atoms with Crippen LogP contribution in [-0.4, -0.2) is 25.2 Å². The Morgan fingerprint density at radius 1 is 1.19 bits per heavy atom. The third kappa shape index (κ3) is 3.81. The molecule has 1 atom stereocenters. The summed E-state index contributed by atoms with van der Waals surface area (Å²) in [5, 5.41) is 9.48. The lowest BCUT2D eigenvalue weighted by Crippen LogP contribution is -2.16. The molecule has 0 bridgehead atoms. The van der Waals surface area contributed by atoms with Crippen molar-refractivity contribution in [1.82, 2.24) is 0 Å². The first-order valence-electron chi connectivity index (χ1n) is 6.72. The number of hydrogen-bond donors (Lipinski definition) is 1. The van der Waals surface area contributed by atoms with Gasteiger partial charge in [0, 0.05) is 19.8 Å². The number of carboxylic acid groups (broad SMARTS) is 1. The molecular weight excluding hydrogens is 269 g/mol. The molecule has 0 aliphatic carbocycles. The third-order valence-electron chi connectivity index (χ3n) is 3.44. The summed E-state index contributed by atoms with van der Waals surface area (Å²) in [5.74, 6) is -1.84. The van der Waals surface area contributed by atoms with E-state index in [0.29, 0.717) is 6.42 Å². The number of benzene rings is 2. The quantitative estimate of drug-likeness (QED) is 0.917. The van der Waals surface area contributed by atoms with E-state index >= 15 is 0 Å². The molecule has 0 aliphatic heterocycles. The van der Waals surface area contributed by atoms with Crippen LogP contribution in [0, 0.1) is 5.82 Å². The van der Waals surface area contributed by atoms with E-state index in [0.717, 1.165) is 16.8 Å². The first kappa shape index (κ1) is 15.0. The van der Waals surface area contributed by atoms with Crippen LogP contribution in [0.15, 0.2) is 48.5 Å². The zero-order chi connectivity index (χ0) is 15.4. The predicted octanol–water partition coefficient (Wildman–Crippen LogP) is 3.30. The van der Waals surface area contributed by atoms with Crippen molar-refractivity contribution < 1.29 is 14.3 Å². The molecule has 0 heterocycles. The predicted molar refractivity (Wildman–Crippen MR) is 81.2 cm³/mol. The third-order valence-corrected chi connectivity index (χ3v) is 3.44.